The molecule has 0 spiro atoms. The summed E-state index contributed by atoms with van der Waals surface area (Å²) < 4.78 is 72.7. The Kier molecular flexibility index (Phi) is 3.30. The average molecular weight is 258 g/mol. The second-order valence-electron chi connectivity index (χ2n) is 2.92. The minimum Gasteiger partial charge on any atom is -0.319 e. The first-order valence-electron chi connectivity index (χ1n) is 4.01. The second-order valence-corrected chi connectivity index (χ2v) is 2.92. The SMILES string of the molecule is O=C(Nc1cncc(F)c1)C(F)(F)C(F)(F)F. The molecule has 9 heteroatoms. The molecule has 0 saturated heterocycles. The fraction of sp³-hybridized carbons (Fsp3) is 0.250. The number of amides is 1. The van der Waals surface area contributed by atoms with E-state index in [4.69, 9.17) is 0 Å². The molecule has 17 heavy (non-hydrogen) atoms. The van der Waals surface area contributed by atoms with Gasteiger partial charge in [-0.2, -0.15) is 22.0 Å². The number of halogens is 6. The van der Waals surface area contributed by atoms with Crippen LogP contribution in [-0.4, -0.2) is 23.0 Å². The van der Waals surface area contributed by atoms with Crippen molar-refractivity contribution in [3.05, 3.63) is 24.3 Å². The van der Waals surface area contributed by atoms with E-state index in [1.165, 1.54) is 5.32 Å². The van der Waals surface area contributed by atoms with Crippen molar-refractivity contribution < 1.29 is 31.1 Å². The normalized spacial score (nSPS) is 12.4. The predicted molar refractivity (Wildman–Crippen MR) is 43.8 cm³/mol. The number of nitrogens with zero attached hydrogens (tertiary/aromatic N) is 1. The minimum atomic E-state index is -6.02. The van der Waals surface area contributed by atoms with Crippen LogP contribution in [0, 0.1) is 5.82 Å². The lowest BCUT2D eigenvalue weighted by Gasteiger charge is -2.18. The summed E-state index contributed by atoms with van der Waals surface area (Å²) >= 11 is 0. The van der Waals surface area contributed by atoms with Crippen molar-refractivity contribution in [2.75, 3.05) is 5.32 Å². The molecule has 1 N–H and O–H groups in total. The Morgan fingerprint density at radius 2 is 1.76 bits per heavy atom. The van der Waals surface area contributed by atoms with Crippen LogP contribution in [0.15, 0.2) is 18.5 Å². The van der Waals surface area contributed by atoms with Crippen LogP contribution in [0.5, 0.6) is 0 Å². The summed E-state index contributed by atoms with van der Waals surface area (Å²) in [4.78, 5) is 13.8. The van der Waals surface area contributed by atoms with Gasteiger partial charge in [0.15, 0.2) is 0 Å². The van der Waals surface area contributed by atoms with Crippen LogP contribution in [0.25, 0.3) is 0 Å². The third kappa shape index (κ3) is 2.86. The molecule has 1 amide bonds. The van der Waals surface area contributed by atoms with Crippen molar-refractivity contribution in [1.82, 2.24) is 4.98 Å². The summed E-state index contributed by atoms with van der Waals surface area (Å²) in [6, 6.07) is 0.553. The van der Waals surface area contributed by atoms with Gasteiger partial charge < -0.3 is 5.32 Å². The Morgan fingerprint density at radius 3 is 2.24 bits per heavy atom. The zero-order chi connectivity index (χ0) is 13.3. The highest BCUT2D eigenvalue weighted by Gasteiger charge is 2.63. The van der Waals surface area contributed by atoms with Crippen molar-refractivity contribution >= 4 is 11.6 Å². The average Bonchev–Trinajstić information content (AvgIpc) is 2.15. The first kappa shape index (κ1) is 13.3. The number of alkyl halides is 5. The third-order valence-electron chi connectivity index (χ3n) is 1.60. The van der Waals surface area contributed by atoms with Crippen molar-refractivity contribution in [2.24, 2.45) is 0 Å². The van der Waals surface area contributed by atoms with Crippen molar-refractivity contribution in [2.45, 2.75) is 12.1 Å². The lowest BCUT2D eigenvalue weighted by molar-refractivity contribution is -0.267. The fourth-order valence-corrected chi connectivity index (χ4v) is 0.819. The van der Waals surface area contributed by atoms with Crippen LogP contribution in [0.2, 0.25) is 0 Å². The van der Waals surface area contributed by atoms with Crippen LogP contribution in [0.4, 0.5) is 32.0 Å². The van der Waals surface area contributed by atoms with Gasteiger partial charge in [0.25, 0.3) is 0 Å². The third-order valence-corrected chi connectivity index (χ3v) is 1.60. The fourth-order valence-electron chi connectivity index (χ4n) is 0.819. The molecule has 0 aromatic carbocycles. The summed E-state index contributed by atoms with van der Waals surface area (Å²) in [5.41, 5.74) is -0.598. The monoisotopic (exact) mass is 258 g/mol. The highest BCUT2D eigenvalue weighted by Crippen LogP contribution is 2.36. The van der Waals surface area contributed by atoms with E-state index in [1.54, 1.807) is 0 Å². The molecule has 1 heterocycles. The molecule has 0 fully saturated rings. The number of anilines is 1. The Morgan fingerprint density at radius 1 is 1.18 bits per heavy atom. The highest BCUT2D eigenvalue weighted by molar-refractivity contribution is 5.96. The van der Waals surface area contributed by atoms with Gasteiger partial charge in [0, 0.05) is 6.07 Å². The largest absolute Gasteiger partial charge is 0.463 e. The van der Waals surface area contributed by atoms with Gasteiger partial charge in [-0.25, -0.2) is 4.39 Å². The number of nitrogens with one attached hydrogen (secondary N) is 1. The second kappa shape index (κ2) is 4.22. The molecular formula is C8H4F6N2O. The van der Waals surface area contributed by atoms with Gasteiger partial charge >= 0.3 is 18.0 Å². The highest BCUT2D eigenvalue weighted by atomic mass is 19.4. The summed E-state index contributed by atoms with van der Waals surface area (Å²) in [6.07, 6.45) is -4.59. The van der Waals surface area contributed by atoms with Crippen LogP contribution in [0.3, 0.4) is 0 Å². The number of pyridine rings is 1. The van der Waals surface area contributed by atoms with Crippen LogP contribution in [0.1, 0.15) is 0 Å². The zero-order valence-electron chi connectivity index (χ0n) is 7.86. The van der Waals surface area contributed by atoms with E-state index in [0.717, 1.165) is 6.20 Å². The van der Waals surface area contributed by atoms with E-state index >= 15 is 0 Å². The van der Waals surface area contributed by atoms with E-state index < -0.39 is 29.5 Å². The summed E-state index contributed by atoms with van der Waals surface area (Å²) in [6.45, 7) is 0. The van der Waals surface area contributed by atoms with Crippen molar-refractivity contribution in [3.63, 3.8) is 0 Å². The molecular weight excluding hydrogens is 254 g/mol. The number of hydrogen-bond acceptors (Lipinski definition) is 2. The summed E-state index contributed by atoms with van der Waals surface area (Å²) in [7, 11) is 0. The maximum Gasteiger partial charge on any atom is 0.463 e. The van der Waals surface area contributed by atoms with Gasteiger partial charge in [-0.3, -0.25) is 9.78 Å². The van der Waals surface area contributed by atoms with Crippen molar-refractivity contribution in [1.29, 1.82) is 0 Å². The molecule has 94 valence electrons. The van der Waals surface area contributed by atoms with Gasteiger partial charge in [0.2, 0.25) is 0 Å². The molecule has 3 nitrogen and oxygen atoms in total. The zero-order valence-corrected chi connectivity index (χ0v) is 7.86. The molecule has 0 aliphatic carbocycles. The van der Waals surface area contributed by atoms with Crippen LogP contribution >= 0.6 is 0 Å². The van der Waals surface area contributed by atoms with Crippen molar-refractivity contribution in [3.8, 4) is 0 Å². The first-order valence-corrected chi connectivity index (χ1v) is 4.01. The van der Waals surface area contributed by atoms with Crippen LogP contribution in [-0.2, 0) is 4.79 Å². The Bertz CT molecular complexity index is 430. The molecule has 1 aromatic rings. The van der Waals surface area contributed by atoms with E-state index in [2.05, 4.69) is 4.98 Å². The maximum absolute atomic E-state index is 12.5. The molecule has 0 radical (unpaired) electrons. The Balaban J connectivity index is 2.87. The lowest BCUT2D eigenvalue weighted by atomic mass is 10.3. The number of carbonyl (C=O) groups excluding carboxylic acids is 1. The van der Waals surface area contributed by atoms with E-state index in [0.29, 0.717) is 12.3 Å². The lowest BCUT2D eigenvalue weighted by Crippen LogP contribution is -2.47. The van der Waals surface area contributed by atoms with Gasteiger partial charge in [-0.05, 0) is 0 Å². The van der Waals surface area contributed by atoms with E-state index in [1.807, 2.05) is 0 Å². The molecule has 0 unspecified atom stereocenters. The van der Waals surface area contributed by atoms with E-state index in [9.17, 15) is 31.1 Å². The molecule has 0 aliphatic heterocycles. The van der Waals surface area contributed by atoms with Gasteiger partial charge in [-0.15, -0.1) is 0 Å². The van der Waals surface area contributed by atoms with Crippen LogP contribution < -0.4 is 5.32 Å². The number of hydrogen-bond donors (Lipinski definition) is 1. The summed E-state index contributed by atoms with van der Waals surface area (Å²) in [5, 5.41) is 1.22. The molecule has 0 saturated carbocycles. The minimum absolute atomic E-state index is 0.553. The number of aromatic nitrogens is 1. The number of rotatable bonds is 2. The number of carbonyl (C=O) groups is 1. The quantitative estimate of drug-likeness (QED) is 0.827. The Hall–Kier alpha value is -1.80. The summed E-state index contributed by atoms with van der Waals surface area (Å²) in [5.74, 6) is -9.14. The predicted octanol–water partition coefficient (Wildman–Crippen LogP) is 2.36. The van der Waals surface area contributed by atoms with E-state index in [-0.39, 0.29) is 0 Å². The smallest absolute Gasteiger partial charge is 0.319 e. The standard InChI is InChI=1S/C8H4F6N2O/c9-4-1-5(3-15-2-4)16-6(17)7(10,11)8(12,13)14/h1-3H,(H,16,17). The van der Waals surface area contributed by atoms with Gasteiger partial charge in [-0.1, -0.05) is 0 Å². The molecule has 0 aliphatic rings. The van der Waals surface area contributed by atoms with Gasteiger partial charge in [0.05, 0.1) is 18.1 Å². The molecule has 1 aromatic heterocycles. The maximum atomic E-state index is 12.5. The molecule has 1 rings (SSSR count). The molecule has 0 bridgehead atoms. The van der Waals surface area contributed by atoms with Gasteiger partial charge in [0.1, 0.15) is 5.82 Å². The molecule has 0 atom stereocenters. The Labute approximate surface area is 90.5 Å². The topological polar surface area (TPSA) is 42.0 Å². The first-order chi connectivity index (χ1) is 7.64.